The van der Waals surface area contributed by atoms with Gasteiger partial charge in [0.25, 0.3) is 0 Å². The minimum atomic E-state index is -0.193. The Labute approximate surface area is 68.2 Å². The average Bonchev–Trinajstić information content (AvgIpc) is 2.05. The third-order valence-electron chi connectivity index (χ3n) is 1.34. The van der Waals surface area contributed by atoms with E-state index in [1.165, 1.54) is 24.3 Å². The first kappa shape index (κ1) is 8.17. The van der Waals surface area contributed by atoms with Crippen molar-refractivity contribution in [3.63, 3.8) is 0 Å². The lowest BCUT2D eigenvalue weighted by molar-refractivity contribution is 0.112. The summed E-state index contributed by atoms with van der Waals surface area (Å²) in [5, 5.41) is 9.10. The summed E-state index contributed by atoms with van der Waals surface area (Å²) >= 11 is 0. The molecule has 0 fully saturated rings. The van der Waals surface area contributed by atoms with E-state index in [9.17, 15) is 9.59 Å². The number of isocyanates is 1. The van der Waals surface area contributed by atoms with Crippen LogP contribution in [0.25, 0.3) is 0 Å². The van der Waals surface area contributed by atoms with Crippen molar-refractivity contribution < 1.29 is 14.7 Å². The second-order valence-corrected chi connectivity index (χ2v) is 2.03. The van der Waals surface area contributed by atoms with E-state index in [2.05, 4.69) is 4.99 Å². The Hall–Kier alpha value is -1.93. The second kappa shape index (κ2) is 3.46. The molecule has 0 unspecified atom stereocenters. The lowest BCUT2D eigenvalue weighted by Crippen LogP contribution is -1.81. The number of aldehydes is 1. The number of carbonyl (C=O) groups excluding carboxylic acids is 2. The fourth-order valence-corrected chi connectivity index (χ4v) is 0.809. The molecule has 0 aliphatic heterocycles. The molecule has 1 aromatic carbocycles. The Kier molecular flexibility index (Phi) is 2.35. The number of hydrogen-bond donors (Lipinski definition) is 1. The zero-order chi connectivity index (χ0) is 8.97. The van der Waals surface area contributed by atoms with Crippen LogP contribution in [0.5, 0.6) is 5.75 Å². The Morgan fingerprint density at radius 1 is 1.50 bits per heavy atom. The summed E-state index contributed by atoms with van der Waals surface area (Å²) in [4.78, 5) is 23.5. The van der Waals surface area contributed by atoms with Gasteiger partial charge < -0.3 is 5.11 Å². The summed E-state index contributed by atoms with van der Waals surface area (Å²) in [6, 6.07) is 4.26. The lowest BCUT2D eigenvalue weighted by atomic mass is 10.2. The van der Waals surface area contributed by atoms with Crippen LogP contribution in [0.4, 0.5) is 5.69 Å². The van der Waals surface area contributed by atoms with Crippen LogP contribution in [-0.4, -0.2) is 17.5 Å². The van der Waals surface area contributed by atoms with Gasteiger partial charge in [-0.3, -0.25) is 4.79 Å². The normalized spacial score (nSPS) is 8.67. The first-order valence-corrected chi connectivity index (χ1v) is 3.14. The maximum absolute atomic E-state index is 10.4. The smallest absolute Gasteiger partial charge is 0.240 e. The summed E-state index contributed by atoms with van der Waals surface area (Å²) in [5.41, 5.74) is 0.126. The van der Waals surface area contributed by atoms with Crippen LogP contribution in [0.3, 0.4) is 0 Å². The summed E-state index contributed by atoms with van der Waals surface area (Å²) in [6.45, 7) is 0. The number of phenols is 1. The van der Waals surface area contributed by atoms with Gasteiger partial charge in [0.15, 0.2) is 6.29 Å². The number of aliphatic imine (C=N–C) groups is 1. The van der Waals surface area contributed by atoms with Gasteiger partial charge >= 0.3 is 0 Å². The van der Waals surface area contributed by atoms with E-state index >= 15 is 0 Å². The van der Waals surface area contributed by atoms with Crippen LogP contribution in [0.2, 0.25) is 0 Å². The van der Waals surface area contributed by atoms with E-state index in [-0.39, 0.29) is 17.0 Å². The maximum atomic E-state index is 10.4. The van der Waals surface area contributed by atoms with E-state index < -0.39 is 0 Å². The molecule has 1 rings (SSSR count). The van der Waals surface area contributed by atoms with Gasteiger partial charge in [0.2, 0.25) is 6.08 Å². The standard InChI is InChI=1S/C8H5NO3/c10-4-6-7(9-5-11)2-1-3-8(6)12/h1-4,12H. The van der Waals surface area contributed by atoms with Gasteiger partial charge in [-0.1, -0.05) is 6.07 Å². The van der Waals surface area contributed by atoms with E-state index in [0.717, 1.165) is 0 Å². The van der Waals surface area contributed by atoms with Crippen LogP contribution >= 0.6 is 0 Å². The predicted octanol–water partition coefficient (Wildman–Crippen LogP) is 1.17. The van der Waals surface area contributed by atoms with Gasteiger partial charge in [-0.15, -0.1) is 0 Å². The third kappa shape index (κ3) is 1.38. The van der Waals surface area contributed by atoms with Gasteiger partial charge in [0, 0.05) is 0 Å². The molecule has 0 aliphatic rings. The molecule has 1 aromatic rings. The third-order valence-corrected chi connectivity index (χ3v) is 1.34. The number of phenolic OH excluding ortho intramolecular Hbond substituents is 1. The Balaban J connectivity index is 3.36. The van der Waals surface area contributed by atoms with Crippen LogP contribution in [0.1, 0.15) is 10.4 Å². The topological polar surface area (TPSA) is 66.7 Å². The van der Waals surface area contributed by atoms with Crippen LogP contribution in [-0.2, 0) is 4.79 Å². The van der Waals surface area contributed by atoms with Crippen molar-refractivity contribution in [2.45, 2.75) is 0 Å². The molecule has 0 bridgehead atoms. The molecule has 4 nitrogen and oxygen atoms in total. The van der Waals surface area contributed by atoms with Crippen LogP contribution in [0.15, 0.2) is 23.2 Å². The Morgan fingerprint density at radius 2 is 2.25 bits per heavy atom. The van der Waals surface area contributed by atoms with E-state index in [1.807, 2.05) is 0 Å². The number of hydrogen-bond acceptors (Lipinski definition) is 4. The number of rotatable bonds is 2. The molecular formula is C8H5NO3. The van der Waals surface area contributed by atoms with Gasteiger partial charge in [0.05, 0.1) is 11.3 Å². The zero-order valence-corrected chi connectivity index (χ0v) is 6.02. The van der Waals surface area contributed by atoms with E-state index in [4.69, 9.17) is 5.11 Å². The van der Waals surface area contributed by atoms with Gasteiger partial charge in [0.1, 0.15) is 5.75 Å². The highest BCUT2D eigenvalue weighted by molar-refractivity contribution is 5.87. The fourth-order valence-electron chi connectivity index (χ4n) is 0.809. The molecular weight excluding hydrogens is 158 g/mol. The highest BCUT2D eigenvalue weighted by atomic mass is 16.3. The Morgan fingerprint density at radius 3 is 2.83 bits per heavy atom. The summed E-state index contributed by atoms with van der Waals surface area (Å²) in [6.07, 6.45) is 1.73. The molecule has 0 aromatic heterocycles. The zero-order valence-electron chi connectivity index (χ0n) is 6.02. The lowest BCUT2D eigenvalue weighted by Gasteiger charge is -1.97. The molecule has 0 amide bonds. The Bertz CT molecular complexity index is 353. The van der Waals surface area contributed by atoms with Crippen molar-refractivity contribution in [2.75, 3.05) is 0 Å². The molecule has 4 heteroatoms. The number of nitrogens with zero attached hydrogens (tertiary/aromatic N) is 1. The number of carbonyl (C=O) groups is 1. The highest BCUT2D eigenvalue weighted by Crippen LogP contribution is 2.24. The first-order chi connectivity index (χ1) is 5.79. The van der Waals surface area contributed by atoms with Crippen LogP contribution in [0, 0.1) is 0 Å². The molecule has 60 valence electrons. The molecule has 12 heavy (non-hydrogen) atoms. The molecule has 0 spiro atoms. The second-order valence-electron chi connectivity index (χ2n) is 2.03. The molecule has 0 heterocycles. The molecule has 1 N–H and O–H groups in total. The molecule has 0 aliphatic carbocycles. The molecule has 0 saturated heterocycles. The van der Waals surface area contributed by atoms with Crippen LogP contribution < -0.4 is 0 Å². The van der Waals surface area contributed by atoms with Gasteiger partial charge in [-0.2, -0.15) is 4.99 Å². The van der Waals surface area contributed by atoms with Gasteiger partial charge in [-0.25, -0.2) is 4.79 Å². The quantitative estimate of drug-likeness (QED) is 0.404. The summed E-state index contributed by atoms with van der Waals surface area (Å²) < 4.78 is 0. The van der Waals surface area contributed by atoms with E-state index in [1.54, 1.807) is 0 Å². The molecule has 0 radical (unpaired) electrons. The molecule has 0 atom stereocenters. The van der Waals surface area contributed by atoms with Crippen molar-refractivity contribution in [1.29, 1.82) is 0 Å². The first-order valence-electron chi connectivity index (χ1n) is 3.14. The minimum Gasteiger partial charge on any atom is -0.507 e. The van der Waals surface area contributed by atoms with Crippen molar-refractivity contribution in [3.8, 4) is 5.75 Å². The van der Waals surface area contributed by atoms with E-state index in [0.29, 0.717) is 6.29 Å². The SMILES string of the molecule is O=C=Nc1cccc(O)c1C=O. The minimum absolute atomic E-state index is 0.000787. The fraction of sp³-hybridized carbons (Fsp3) is 0. The highest BCUT2D eigenvalue weighted by Gasteiger charge is 2.04. The largest absolute Gasteiger partial charge is 0.507 e. The predicted molar refractivity (Wildman–Crippen MR) is 41.3 cm³/mol. The number of benzene rings is 1. The summed E-state index contributed by atoms with van der Waals surface area (Å²) in [7, 11) is 0. The van der Waals surface area contributed by atoms with Crippen molar-refractivity contribution >= 4 is 18.1 Å². The average molecular weight is 163 g/mol. The van der Waals surface area contributed by atoms with Gasteiger partial charge in [-0.05, 0) is 12.1 Å². The maximum Gasteiger partial charge on any atom is 0.240 e. The van der Waals surface area contributed by atoms with Crippen molar-refractivity contribution in [2.24, 2.45) is 4.99 Å². The molecule has 0 saturated carbocycles. The summed E-state index contributed by atoms with van der Waals surface area (Å²) in [5.74, 6) is -0.193. The number of aromatic hydroxyl groups is 1. The van der Waals surface area contributed by atoms with Crippen molar-refractivity contribution in [1.82, 2.24) is 0 Å². The van der Waals surface area contributed by atoms with Crippen molar-refractivity contribution in [3.05, 3.63) is 23.8 Å². The monoisotopic (exact) mass is 163 g/mol.